The summed E-state index contributed by atoms with van der Waals surface area (Å²) in [4.78, 5) is 2.20. The summed E-state index contributed by atoms with van der Waals surface area (Å²) in [5, 5.41) is 0. The highest BCUT2D eigenvalue weighted by molar-refractivity contribution is 6.66. The summed E-state index contributed by atoms with van der Waals surface area (Å²) in [6.07, 6.45) is 0. The highest BCUT2D eigenvalue weighted by Crippen LogP contribution is 2.19. The molecule has 0 aromatic heterocycles. The number of hydrogen-bond acceptors (Lipinski definition) is 0. The Bertz CT molecular complexity index is 76.6. The maximum atomic E-state index is 3.87. The van der Waals surface area contributed by atoms with Crippen LogP contribution in [0.5, 0.6) is 0 Å². The normalized spacial score (nSPS) is 10.4. The van der Waals surface area contributed by atoms with Gasteiger partial charge in [0, 0.05) is 0 Å². The lowest BCUT2D eigenvalue weighted by molar-refractivity contribution is 0.950. The third-order valence-electron chi connectivity index (χ3n) is 1.81. The van der Waals surface area contributed by atoms with Crippen molar-refractivity contribution in [3.8, 4) is 0 Å². The molecule has 0 rings (SSSR count). The third-order valence-corrected chi connectivity index (χ3v) is 5.44. The quantitative estimate of drug-likeness (QED) is 0.528. The Labute approximate surface area is 63.4 Å². The van der Waals surface area contributed by atoms with E-state index in [1.165, 1.54) is 0 Å². The molecule has 0 amide bonds. The van der Waals surface area contributed by atoms with Crippen molar-refractivity contribution in [3.05, 3.63) is 11.5 Å². The van der Waals surface area contributed by atoms with Crippen LogP contribution in [-0.2, 0) is 0 Å². The molecule has 0 saturated heterocycles. The first-order chi connectivity index (χ1) is 4.09. The van der Waals surface area contributed by atoms with Crippen molar-refractivity contribution in [3.63, 3.8) is 0 Å². The molecule has 0 spiro atoms. The fourth-order valence-corrected chi connectivity index (χ4v) is 3.94. The molecule has 0 radical (unpaired) electrons. The van der Waals surface area contributed by atoms with Gasteiger partial charge in [0.1, 0.15) is 0 Å². The van der Waals surface area contributed by atoms with Gasteiger partial charge in [0.2, 0.25) is 0 Å². The zero-order valence-corrected chi connectivity index (χ0v) is 8.17. The lowest BCUT2D eigenvalue weighted by Gasteiger charge is -2.13. The number of hydrogen-bond donors (Lipinski definition) is 0. The van der Waals surface area contributed by atoms with Gasteiger partial charge in [-0.15, -0.1) is 6.58 Å². The van der Waals surface area contributed by atoms with E-state index >= 15 is 0 Å². The first-order valence-electron chi connectivity index (χ1n) is 3.72. The van der Waals surface area contributed by atoms with Gasteiger partial charge in [0.25, 0.3) is 14.1 Å². The zero-order chi connectivity index (χ0) is 7.44. The molecule has 0 fully saturated rings. The second kappa shape index (κ2) is 4.15. The van der Waals surface area contributed by atoms with E-state index in [0.29, 0.717) is 0 Å². The van der Waals surface area contributed by atoms with E-state index in [1.54, 1.807) is 0 Å². The largest absolute Gasteiger partial charge is 0.299 e. The van der Waals surface area contributed by atoms with Crippen molar-refractivity contribution >= 4 is 14.1 Å². The van der Waals surface area contributed by atoms with Gasteiger partial charge in [0.15, 0.2) is 0 Å². The fourth-order valence-electron chi connectivity index (χ4n) is 1.31. The van der Waals surface area contributed by atoms with Crippen LogP contribution < -0.4 is 0 Å². The van der Waals surface area contributed by atoms with Crippen LogP contribution in [0.15, 0.2) is 11.5 Å². The van der Waals surface area contributed by atoms with Crippen molar-refractivity contribution in [1.29, 1.82) is 0 Å². The predicted molar refractivity (Wildman–Crippen MR) is 46.1 cm³/mol. The zero-order valence-electron chi connectivity index (χ0n) is 7.02. The lowest BCUT2D eigenvalue weighted by atomic mass is 10.5. The van der Waals surface area contributed by atoms with Crippen molar-refractivity contribution in [2.75, 3.05) is 0 Å². The first kappa shape index (κ1) is 9.27. The summed E-state index contributed by atoms with van der Waals surface area (Å²) in [6.45, 7) is 13.1. The monoisotopic (exact) mass is 140 g/mol. The minimum Gasteiger partial charge on any atom is -0.151 e. The van der Waals surface area contributed by atoms with Gasteiger partial charge in [0.05, 0.1) is 0 Å². The van der Waals surface area contributed by atoms with E-state index in [-0.39, 0.29) is 0 Å². The second-order valence-corrected chi connectivity index (χ2v) is 7.59. The van der Waals surface area contributed by atoms with E-state index in [0.717, 1.165) is 9.56 Å². The lowest BCUT2D eigenvalue weighted by Crippen LogP contribution is -2.17. The molecule has 0 nitrogen and oxygen atoms in total. The first-order valence-corrected chi connectivity index (χ1v) is 5.72. The van der Waals surface area contributed by atoms with Crippen molar-refractivity contribution in [2.45, 2.75) is 37.3 Å². The van der Waals surface area contributed by atoms with Gasteiger partial charge in [-0.2, -0.15) is 4.94 Å². The van der Waals surface area contributed by atoms with Gasteiger partial charge in [-0.1, -0.05) is 37.3 Å². The average molecular weight is 140 g/mol. The Morgan fingerprint density at radius 2 is 1.44 bits per heavy atom. The van der Waals surface area contributed by atoms with Gasteiger partial charge in [-0.05, 0) is 0 Å². The van der Waals surface area contributed by atoms with Crippen LogP contribution in [0.3, 0.4) is 0 Å². The maximum Gasteiger partial charge on any atom is 0.299 e. The van der Waals surface area contributed by atoms with Gasteiger partial charge < -0.3 is 0 Å². The van der Waals surface area contributed by atoms with Crippen molar-refractivity contribution in [2.24, 2.45) is 0 Å². The molecule has 0 N–H and O–H groups in total. The SMILES string of the molecule is C=[CH][Al]([CH](C)C)[CH](C)C. The Kier molecular flexibility index (Phi) is 4.27. The summed E-state index contributed by atoms with van der Waals surface area (Å²) < 4.78 is 1.75. The van der Waals surface area contributed by atoms with Crippen LogP contribution in [0.2, 0.25) is 9.56 Å². The summed E-state index contributed by atoms with van der Waals surface area (Å²) in [7, 11) is 0. The highest BCUT2D eigenvalue weighted by Gasteiger charge is 2.20. The van der Waals surface area contributed by atoms with Crippen molar-refractivity contribution < 1.29 is 0 Å². The molecule has 0 aromatic carbocycles. The van der Waals surface area contributed by atoms with Gasteiger partial charge >= 0.3 is 0 Å². The van der Waals surface area contributed by atoms with Gasteiger partial charge in [-0.3, -0.25) is 0 Å². The molecule has 0 atom stereocenters. The molecule has 0 saturated carbocycles. The van der Waals surface area contributed by atoms with Crippen LogP contribution in [-0.4, -0.2) is 14.1 Å². The van der Waals surface area contributed by atoms with Crippen LogP contribution in [0.1, 0.15) is 27.7 Å². The minimum atomic E-state index is -0.596. The molecular weight excluding hydrogens is 123 g/mol. The molecule has 0 bridgehead atoms. The molecule has 0 heterocycles. The van der Waals surface area contributed by atoms with Crippen molar-refractivity contribution in [1.82, 2.24) is 0 Å². The smallest absolute Gasteiger partial charge is 0.151 e. The fraction of sp³-hybridized carbons (Fsp3) is 0.750. The molecule has 0 unspecified atom stereocenters. The Morgan fingerprint density at radius 1 is 1.11 bits per heavy atom. The third kappa shape index (κ3) is 3.08. The Morgan fingerprint density at radius 3 is 1.44 bits per heavy atom. The summed E-state index contributed by atoms with van der Waals surface area (Å²) >= 11 is -0.596. The average Bonchev–Trinajstić information content (AvgIpc) is 1.64. The van der Waals surface area contributed by atoms with Crippen LogP contribution in [0.4, 0.5) is 0 Å². The minimum absolute atomic E-state index is 0.596. The molecule has 0 aliphatic carbocycles. The van der Waals surface area contributed by atoms with E-state index in [2.05, 4.69) is 39.2 Å². The molecule has 52 valence electrons. The summed E-state index contributed by atoms with van der Waals surface area (Å²) in [5.41, 5.74) is 0. The summed E-state index contributed by atoms with van der Waals surface area (Å²) in [6, 6.07) is 0. The topological polar surface area (TPSA) is 0 Å². The Hall–Kier alpha value is 0.272. The number of rotatable bonds is 3. The summed E-state index contributed by atoms with van der Waals surface area (Å²) in [5.74, 6) is 0. The van der Waals surface area contributed by atoms with Crippen LogP contribution >= 0.6 is 0 Å². The molecule has 0 aliphatic rings. The highest BCUT2D eigenvalue weighted by atomic mass is 27.2. The molecular formula is C8H17Al. The Balaban J connectivity index is 3.82. The molecule has 1 heteroatoms. The van der Waals surface area contributed by atoms with E-state index in [4.69, 9.17) is 0 Å². The molecule has 0 aliphatic heterocycles. The molecule has 9 heavy (non-hydrogen) atoms. The van der Waals surface area contributed by atoms with E-state index in [1.807, 2.05) is 0 Å². The maximum absolute atomic E-state index is 3.87. The van der Waals surface area contributed by atoms with Crippen LogP contribution in [0, 0.1) is 0 Å². The van der Waals surface area contributed by atoms with Gasteiger partial charge in [-0.25, -0.2) is 0 Å². The van der Waals surface area contributed by atoms with E-state index < -0.39 is 14.1 Å². The van der Waals surface area contributed by atoms with Crippen LogP contribution in [0.25, 0.3) is 0 Å². The predicted octanol–water partition coefficient (Wildman–Crippen LogP) is 3.03. The standard InChI is InChI=1S/2C3H7.C2H3.Al/c2*1-3-2;1-2;/h2*3H,1-2H3;1H,2H2;. The van der Waals surface area contributed by atoms with E-state index in [9.17, 15) is 0 Å². The molecule has 0 aromatic rings. The second-order valence-electron chi connectivity index (χ2n) is 3.30.